The predicted octanol–water partition coefficient (Wildman–Crippen LogP) is 4.04. The molecule has 0 aliphatic carbocycles. The highest BCUT2D eigenvalue weighted by Crippen LogP contribution is 2.33. The lowest BCUT2D eigenvalue weighted by atomic mass is 10.1. The molecule has 0 saturated heterocycles. The number of hydrogen-bond acceptors (Lipinski definition) is 4. The third kappa shape index (κ3) is 2.90. The first-order chi connectivity index (χ1) is 11.0. The van der Waals surface area contributed by atoms with Gasteiger partial charge in [-0.05, 0) is 42.0 Å². The summed E-state index contributed by atoms with van der Waals surface area (Å²) in [4.78, 5) is 23.4. The van der Waals surface area contributed by atoms with E-state index in [9.17, 15) is 14.0 Å². The van der Waals surface area contributed by atoms with E-state index in [1.54, 1.807) is 24.3 Å². The molecule has 0 fully saturated rings. The maximum atomic E-state index is 13.7. The van der Waals surface area contributed by atoms with E-state index >= 15 is 0 Å². The average Bonchev–Trinajstić information content (AvgIpc) is 2.84. The molecular formula is C17H10BrFO4. The molecule has 0 bridgehead atoms. The van der Waals surface area contributed by atoms with E-state index in [1.807, 2.05) is 0 Å². The number of carbonyl (C=O) groups excluding carboxylic acids is 2. The standard InChI is InChI=1S/C17H10BrFO4/c1-22-16(20)13-6-9(2-5-14(13)19)7-15-12-8-10(18)3-4-11(12)17(21)23-15/h2-8H,1H3/b15-7-. The van der Waals surface area contributed by atoms with Crippen LogP contribution in [0.5, 0.6) is 0 Å². The van der Waals surface area contributed by atoms with Gasteiger partial charge in [0.25, 0.3) is 0 Å². The summed E-state index contributed by atoms with van der Waals surface area (Å²) in [5.41, 5.74) is 1.42. The van der Waals surface area contributed by atoms with Gasteiger partial charge in [0.1, 0.15) is 11.6 Å². The van der Waals surface area contributed by atoms with Crippen molar-refractivity contribution in [2.24, 2.45) is 0 Å². The Balaban J connectivity index is 2.06. The Kier molecular flexibility index (Phi) is 4.00. The normalized spacial score (nSPS) is 14.6. The molecule has 0 atom stereocenters. The van der Waals surface area contributed by atoms with E-state index in [4.69, 9.17) is 4.74 Å². The molecule has 1 heterocycles. The van der Waals surface area contributed by atoms with Crippen LogP contribution in [-0.2, 0) is 9.47 Å². The maximum absolute atomic E-state index is 13.7. The van der Waals surface area contributed by atoms with E-state index in [1.165, 1.54) is 19.2 Å². The van der Waals surface area contributed by atoms with Crippen molar-refractivity contribution in [3.63, 3.8) is 0 Å². The number of methoxy groups -OCH3 is 1. The van der Waals surface area contributed by atoms with E-state index in [0.29, 0.717) is 22.4 Å². The maximum Gasteiger partial charge on any atom is 0.344 e. The molecule has 0 unspecified atom stereocenters. The monoisotopic (exact) mass is 376 g/mol. The molecule has 23 heavy (non-hydrogen) atoms. The molecule has 0 N–H and O–H groups in total. The summed E-state index contributed by atoms with van der Waals surface area (Å²) < 4.78 is 24.2. The van der Waals surface area contributed by atoms with Gasteiger partial charge in [0.2, 0.25) is 0 Å². The van der Waals surface area contributed by atoms with Crippen LogP contribution in [0, 0.1) is 5.82 Å². The van der Waals surface area contributed by atoms with Gasteiger partial charge in [0.05, 0.1) is 18.2 Å². The van der Waals surface area contributed by atoms with Gasteiger partial charge < -0.3 is 9.47 Å². The van der Waals surface area contributed by atoms with Crippen molar-refractivity contribution in [1.29, 1.82) is 0 Å². The molecule has 0 saturated carbocycles. The number of hydrogen-bond donors (Lipinski definition) is 0. The van der Waals surface area contributed by atoms with Gasteiger partial charge in [-0.15, -0.1) is 0 Å². The summed E-state index contributed by atoms with van der Waals surface area (Å²) in [5.74, 6) is -1.55. The molecule has 0 radical (unpaired) electrons. The predicted molar refractivity (Wildman–Crippen MR) is 85.2 cm³/mol. The Morgan fingerprint density at radius 1 is 1.22 bits per heavy atom. The van der Waals surface area contributed by atoms with Crippen LogP contribution < -0.4 is 0 Å². The minimum atomic E-state index is -0.769. The molecule has 1 aliphatic heterocycles. The van der Waals surface area contributed by atoms with Crippen molar-refractivity contribution in [3.8, 4) is 0 Å². The number of cyclic esters (lactones) is 1. The molecular weight excluding hydrogens is 367 g/mol. The number of halogens is 2. The first-order valence-corrected chi connectivity index (χ1v) is 7.40. The number of esters is 2. The second-order valence-corrected chi connectivity index (χ2v) is 5.73. The topological polar surface area (TPSA) is 52.6 Å². The molecule has 6 heteroatoms. The van der Waals surface area contributed by atoms with Crippen LogP contribution in [0.15, 0.2) is 40.9 Å². The third-order valence-electron chi connectivity index (χ3n) is 3.36. The summed E-state index contributed by atoms with van der Waals surface area (Å²) in [7, 11) is 1.18. The lowest BCUT2D eigenvalue weighted by Gasteiger charge is -2.04. The molecule has 0 spiro atoms. The van der Waals surface area contributed by atoms with E-state index in [-0.39, 0.29) is 5.56 Å². The molecule has 0 aromatic heterocycles. The minimum Gasteiger partial charge on any atom is -0.465 e. The fourth-order valence-electron chi connectivity index (χ4n) is 2.27. The average molecular weight is 377 g/mol. The highest BCUT2D eigenvalue weighted by molar-refractivity contribution is 9.10. The fourth-order valence-corrected chi connectivity index (χ4v) is 2.63. The molecule has 2 aromatic carbocycles. The van der Waals surface area contributed by atoms with Crippen molar-refractivity contribution in [1.82, 2.24) is 0 Å². The highest BCUT2D eigenvalue weighted by atomic mass is 79.9. The van der Waals surface area contributed by atoms with Crippen LogP contribution in [0.3, 0.4) is 0 Å². The van der Waals surface area contributed by atoms with E-state index < -0.39 is 17.8 Å². The first-order valence-electron chi connectivity index (χ1n) is 6.61. The molecule has 116 valence electrons. The molecule has 3 rings (SSSR count). The van der Waals surface area contributed by atoms with Crippen LogP contribution in [0.25, 0.3) is 11.8 Å². The van der Waals surface area contributed by atoms with E-state index in [0.717, 1.165) is 10.5 Å². The number of ether oxygens (including phenoxy) is 2. The largest absolute Gasteiger partial charge is 0.465 e. The van der Waals surface area contributed by atoms with Crippen molar-refractivity contribution in [3.05, 3.63) is 68.9 Å². The van der Waals surface area contributed by atoms with Crippen molar-refractivity contribution in [2.45, 2.75) is 0 Å². The van der Waals surface area contributed by atoms with Crippen LogP contribution in [0.2, 0.25) is 0 Å². The smallest absolute Gasteiger partial charge is 0.344 e. The van der Waals surface area contributed by atoms with Gasteiger partial charge in [0.15, 0.2) is 0 Å². The zero-order valence-corrected chi connectivity index (χ0v) is 13.5. The lowest BCUT2D eigenvalue weighted by Crippen LogP contribution is -2.04. The van der Waals surface area contributed by atoms with Crippen molar-refractivity contribution < 1.29 is 23.5 Å². The Labute approximate surface area is 139 Å². The summed E-state index contributed by atoms with van der Waals surface area (Å²) >= 11 is 3.34. The van der Waals surface area contributed by atoms with Crippen molar-refractivity contribution >= 4 is 39.7 Å². The second kappa shape index (κ2) is 5.96. The summed E-state index contributed by atoms with van der Waals surface area (Å²) in [6.07, 6.45) is 1.57. The number of fused-ring (bicyclic) bond motifs is 1. The van der Waals surface area contributed by atoms with Gasteiger partial charge in [0, 0.05) is 10.0 Å². The molecule has 1 aliphatic rings. The zero-order valence-electron chi connectivity index (χ0n) is 11.9. The number of benzene rings is 2. The summed E-state index contributed by atoms with van der Waals surface area (Å²) in [6.45, 7) is 0. The Morgan fingerprint density at radius 2 is 2.00 bits per heavy atom. The third-order valence-corrected chi connectivity index (χ3v) is 3.86. The first kappa shape index (κ1) is 15.4. The minimum absolute atomic E-state index is 0.180. The fraction of sp³-hybridized carbons (Fsp3) is 0.0588. The van der Waals surface area contributed by atoms with Crippen LogP contribution in [0.1, 0.15) is 31.8 Å². The highest BCUT2D eigenvalue weighted by Gasteiger charge is 2.26. The summed E-state index contributed by atoms with van der Waals surface area (Å²) in [6, 6.07) is 9.16. The van der Waals surface area contributed by atoms with Crippen LogP contribution in [0.4, 0.5) is 4.39 Å². The van der Waals surface area contributed by atoms with Crippen molar-refractivity contribution in [2.75, 3.05) is 7.11 Å². The number of carbonyl (C=O) groups is 2. The lowest BCUT2D eigenvalue weighted by molar-refractivity contribution is 0.0594. The van der Waals surface area contributed by atoms with Gasteiger partial charge in [-0.3, -0.25) is 0 Å². The SMILES string of the molecule is COC(=O)c1cc(/C=C2\OC(=O)c3ccc(Br)cc32)ccc1F. The van der Waals surface area contributed by atoms with Gasteiger partial charge >= 0.3 is 11.9 Å². The van der Waals surface area contributed by atoms with Gasteiger partial charge in [-0.1, -0.05) is 22.0 Å². The van der Waals surface area contributed by atoms with Gasteiger partial charge in [-0.25, -0.2) is 14.0 Å². The van der Waals surface area contributed by atoms with Crippen LogP contribution >= 0.6 is 15.9 Å². The number of rotatable bonds is 2. The summed E-state index contributed by atoms with van der Waals surface area (Å²) in [5, 5.41) is 0. The zero-order chi connectivity index (χ0) is 16.6. The van der Waals surface area contributed by atoms with E-state index in [2.05, 4.69) is 20.7 Å². The second-order valence-electron chi connectivity index (χ2n) is 4.82. The van der Waals surface area contributed by atoms with Gasteiger partial charge in [-0.2, -0.15) is 0 Å². The Hall–Kier alpha value is -2.47. The Bertz CT molecular complexity index is 858. The molecule has 4 nitrogen and oxygen atoms in total. The molecule has 0 amide bonds. The molecule has 2 aromatic rings. The quantitative estimate of drug-likeness (QED) is 0.742. The Morgan fingerprint density at radius 3 is 2.74 bits per heavy atom. The van der Waals surface area contributed by atoms with Crippen LogP contribution in [-0.4, -0.2) is 19.0 Å².